The van der Waals surface area contributed by atoms with Gasteiger partial charge in [0.1, 0.15) is 6.04 Å². The van der Waals surface area contributed by atoms with Crippen molar-refractivity contribution in [2.24, 2.45) is 11.8 Å². The zero-order valence-electron chi connectivity index (χ0n) is 18.4. The summed E-state index contributed by atoms with van der Waals surface area (Å²) >= 11 is 0. The Bertz CT molecular complexity index is 846. The van der Waals surface area contributed by atoms with Crippen molar-refractivity contribution in [3.8, 4) is 0 Å². The lowest BCUT2D eigenvalue weighted by Gasteiger charge is -2.34. The topological polar surface area (TPSA) is 98.8 Å². The molecule has 1 saturated carbocycles. The molecule has 1 aliphatic carbocycles. The van der Waals surface area contributed by atoms with Crippen LogP contribution < -0.4 is 10.0 Å². The maximum atomic E-state index is 12.7. The molecule has 1 heterocycles. The summed E-state index contributed by atoms with van der Waals surface area (Å²) in [4.78, 5) is 29.5. The monoisotopic (exact) mass is 450 g/mol. The summed E-state index contributed by atoms with van der Waals surface area (Å²) in [6.45, 7) is 5.22. The highest BCUT2D eigenvalue weighted by molar-refractivity contribution is 7.89. The summed E-state index contributed by atoms with van der Waals surface area (Å²) in [5.74, 6) is 0.000371. The Morgan fingerprint density at radius 1 is 1.03 bits per heavy atom. The van der Waals surface area contributed by atoms with Crippen LogP contribution in [0.25, 0.3) is 0 Å². The van der Waals surface area contributed by atoms with Crippen LogP contribution in [0.3, 0.4) is 0 Å². The smallest absolute Gasteiger partial charge is 0.244 e. The highest BCUT2D eigenvalue weighted by Crippen LogP contribution is 2.29. The van der Waals surface area contributed by atoms with Gasteiger partial charge >= 0.3 is 0 Å². The van der Waals surface area contributed by atoms with Gasteiger partial charge in [0.05, 0.1) is 4.90 Å². The standard InChI is InChI=1S/C22H34N4O4S/c1-17(22(28)26-14-12-25(2)13-15-26)24-21(27)19-10-8-18(9-11-19)16-23-31(29,30)20-6-4-3-5-7-20/h3-7,17-19,23H,8-16H2,1-2H3,(H,24,27)/t17-,18?,19?/m0/s1. The molecule has 172 valence electrons. The highest BCUT2D eigenvalue weighted by Gasteiger charge is 2.30. The molecule has 3 rings (SSSR count). The van der Waals surface area contributed by atoms with E-state index in [9.17, 15) is 18.0 Å². The predicted molar refractivity (Wildman–Crippen MR) is 119 cm³/mol. The van der Waals surface area contributed by atoms with Gasteiger partial charge < -0.3 is 15.1 Å². The molecular formula is C22H34N4O4S. The van der Waals surface area contributed by atoms with Gasteiger partial charge in [-0.25, -0.2) is 13.1 Å². The molecule has 0 bridgehead atoms. The molecule has 1 aliphatic heterocycles. The van der Waals surface area contributed by atoms with E-state index in [4.69, 9.17) is 0 Å². The number of sulfonamides is 1. The number of hydrogen-bond acceptors (Lipinski definition) is 5. The van der Waals surface area contributed by atoms with E-state index in [0.717, 1.165) is 25.9 Å². The Labute approximate surface area is 185 Å². The maximum Gasteiger partial charge on any atom is 0.244 e. The zero-order valence-corrected chi connectivity index (χ0v) is 19.2. The summed E-state index contributed by atoms with van der Waals surface area (Å²) in [6.07, 6.45) is 2.99. The van der Waals surface area contributed by atoms with Gasteiger partial charge in [-0.1, -0.05) is 18.2 Å². The number of nitrogens with one attached hydrogen (secondary N) is 2. The Kier molecular flexibility index (Phi) is 8.07. The van der Waals surface area contributed by atoms with E-state index in [-0.39, 0.29) is 28.5 Å². The predicted octanol–water partition coefficient (Wildman–Crippen LogP) is 1.05. The second-order valence-electron chi connectivity index (χ2n) is 8.74. The van der Waals surface area contributed by atoms with Crippen LogP contribution in [0, 0.1) is 11.8 Å². The maximum absolute atomic E-state index is 12.7. The van der Waals surface area contributed by atoms with Crippen LogP contribution in [0.2, 0.25) is 0 Å². The molecule has 2 amide bonds. The Morgan fingerprint density at radius 3 is 2.26 bits per heavy atom. The molecule has 0 aromatic heterocycles. The Morgan fingerprint density at radius 2 is 1.65 bits per heavy atom. The second-order valence-corrected chi connectivity index (χ2v) is 10.5. The third kappa shape index (κ3) is 6.51. The van der Waals surface area contributed by atoms with Crippen LogP contribution in [-0.4, -0.2) is 75.8 Å². The van der Waals surface area contributed by atoms with Crippen molar-refractivity contribution in [2.75, 3.05) is 39.8 Å². The quantitative estimate of drug-likeness (QED) is 0.647. The van der Waals surface area contributed by atoms with Gasteiger partial charge in [-0.2, -0.15) is 0 Å². The number of amides is 2. The highest BCUT2D eigenvalue weighted by atomic mass is 32.2. The molecule has 2 fully saturated rings. The molecule has 2 N–H and O–H groups in total. The normalized spacial score (nSPS) is 23.9. The van der Waals surface area contributed by atoms with Gasteiger partial charge in [0.15, 0.2) is 0 Å². The second kappa shape index (κ2) is 10.6. The van der Waals surface area contributed by atoms with Crippen LogP contribution in [0.15, 0.2) is 35.2 Å². The fourth-order valence-corrected chi connectivity index (χ4v) is 5.37. The fraction of sp³-hybridized carbons (Fsp3) is 0.636. The Balaban J connectivity index is 1.41. The van der Waals surface area contributed by atoms with Gasteiger partial charge in [-0.15, -0.1) is 0 Å². The Hall–Kier alpha value is -1.97. The van der Waals surface area contributed by atoms with E-state index in [1.807, 2.05) is 11.9 Å². The average molecular weight is 451 g/mol. The average Bonchev–Trinajstić information content (AvgIpc) is 2.78. The summed E-state index contributed by atoms with van der Waals surface area (Å²) < 4.78 is 27.4. The molecular weight excluding hydrogens is 416 g/mol. The lowest BCUT2D eigenvalue weighted by molar-refractivity contribution is -0.138. The summed E-state index contributed by atoms with van der Waals surface area (Å²) in [7, 11) is -1.47. The van der Waals surface area contributed by atoms with Gasteiger partial charge in [0, 0.05) is 38.6 Å². The first kappa shape index (κ1) is 23.7. The van der Waals surface area contributed by atoms with Crippen molar-refractivity contribution in [1.82, 2.24) is 19.8 Å². The van der Waals surface area contributed by atoms with Crippen LogP contribution in [-0.2, 0) is 19.6 Å². The third-order valence-electron chi connectivity index (χ3n) is 6.38. The van der Waals surface area contributed by atoms with Crippen molar-refractivity contribution in [3.63, 3.8) is 0 Å². The lowest BCUT2D eigenvalue weighted by Crippen LogP contribution is -2.54. The number of carbonyl (C=O) groups excluding carboxylic acids is 2. The number of likely N-dealkylation sites (N-methyl/N-ethyl adjacent to an activating group) is 1. The van der Waals surface area contributed by atoms with E-state index in [0.29, 0.717) is 32.5 Å². The SMILES string of the molecule is C[C@H](NC(=O)C1CCC(CNS(=O)(=O)c2ccccc2)CC1)C(=O)N1CCN(C)CC1. The van der Waals surface area contributed by atoms with E-state index in [1.165, 1.54) is 0 Å². The fourth-order valence-electron chi connectivity index (χ4n) is 4.23. The number of nitrogens with zero attached hydrogens (tertiary/aromatic N) is 2. The number of carbonyl (C=O) groups is 2. The van der Waals surface area contributed by atoms with Crippen LogP contribution in [0.1, 0.15) is 32.6 Å². The first-order valence-electron chi connectivity index (χ1n) is 11.1. The van der Waals surface area contributed by atoms with Crippen molar-refractivity contribution >= 4 is 21.8 Å². The summed E-state index contributed by atoms with van der Waals surface area (Å²) in [5.41, 5.74) is 0. The van der Waals surface area contributed by atoms with E-state index >= 15 is 0 Å². The lowest BCUT2D eigenvalue weighted by atomic mass is 9.81. The van der Waals surface area contributed by atoms with Gasteiger partial charge in [0.2, 0.25) is 21.8 Å². The molecule has 31 heavy (non-hydrogen) atoms. The molecule has 0 unspecified atom stereocenters. The van der Waals surface area contributed by atoms with Crippen LogP contribution in [0.4, 0.5) is 0 Å². The first-order valence-corrected chi connectivity index (χ1v) is 12.6. The summed E-state index contributed by atoms with van der Waals surface area (Å²) in [5, 5.41) is 2.90. The molecule has 0 radical (unpaired) electrons. The molecule has 2 aliphatic rings. The van der Waals surface area contributed by atoms with Crippen molar-refractivity contribution in [2.45, 2.75) is 43.5 Å². The van der Waals surface area contributed by atoms with Crippen LogP contribution in [0.5, 0.6) is 0 Å². The van der Waals surface area contributed by atoms with Crippen molar-refractivity contribution < 1.29 is 18.0 Å². The molecule has 1 atom stereocenters. The van der Waals surface area contributed by atoms with Crippen molar-refractivity contribution in [1.29, 1.82) is 0 Å². The van der Waals surface area contributed by atoms with Gasteiger partial charge in [-0.05, 0) is 57.7 Å². The molecule has 8 nitrogen and oxygen atoms in total. The minimum absolute atomic E-state index is 0.0227. The molecule has 9 heteroatoms. The molecule has 0 spiro atoms. The molecule has 1 aromatic carbocycles. The zero-order chi connectivity index (χ0) is 22.4. The number of hydrogen-bond donors (Lipinski definition) is 2. The minimum Gasteiger partial charge on any atom is -0.344 e. The third-order valence-corrected chi connectivity index (χ3v) is 7.82. The molecule has 1 saturated heterocycles. The largest absolute Gasteiger partial charge is 0.344 e. The first-order chi connectivity index (χ1) is 14.8. The van der Waals surface area contributed by atoms with Gasteiger partial charge in [-0.3, -0.25) is 9.59 Å². The molecule has 1 aromatic rings. The summed E-state index contributed by atoms with van der Waals surface area (Å²) in [6, 6.07) is 7.82. The number of benzene rings is 1. The van der Waals surface area contributed by atoms with E-state index in [1.54, 1.807) is 37.3 Å². The number of piperazine rings is 1. The van der Waals surface area contributed by atoms with Gasteiger partial charge in [0.25, 0.3) is 0 Å². The van der Waals surface area contributed by atoms with Crippen LogP contribution >= 0.6 is 0 Å². The van der Waals surface area contributed by atoms with E-state index in [2.05, 4.69) is 14.9 Å². The van der Waals surface area contributed by atoms with E-state index < -0.39 is 16.1 Å². The minimum atomic E-state index is -3.50. The number of rotatable bonds is 7. The van der Waals surface area contributed by atoms with Crippen molar-refractivity contribution in [3.05, 3.63) is 30.3 Å².